The highest BCUT2D eigenvalue weighted by atomic mass is 16.6. The first kappa shape index (κ1) is 12.6. The first-order valence-electron chi connectivity index (χ1n) is 5.91. The molecule has 1 heterocycles. The molecule has 0 amide bonds. The molecular formula is C14H16O4. The second kappa shape index (κ2) is 4.12. The highest BCUT2D eigenvalue weighted by molar-refractivity contribution is 5.91. The van der Waals surface area contributed by atoms with Crippen LogP contribution in [0.15, 0.2) is 18.2 Å². The van der Waals surface area contributed by atoms with Crippen LogP contribution in [-0.2, 0) is 19.9 Å². The van der Waals surface area contributed by atoms with Gasteiger partial charge in [0.25, 0.3) is 0 Å². The summed E-state index contributed by atoms with van der Waals surface area (Å²) in [4.78, 5) is 23.1. The summed E-state index contributed by atoms with van der Waals surface area (Å²) in [6.07, 6.45) is 0. The van der Waals surface area contributed by atoms with Gasteiger partial charge in [-0.05, 0) is 18.4 Å². The van der Waals surface area contributed by atoms with Crippen molar-refractivity contribution in [2.75, 3.05) is 0 Å². The SMILES string of the molecule is CC(=O)OC1(C)C(=O)Oc2c(C(C)C)cccc21. The number of hydrogen-bond donors (Lipinski definition) is 0. The molecule has 0 saturated heterocycles. The van der Waals surface area contributed by atoms with Gasteiger partial charge in [0, 0.05) is 12.5 Å². The van der Waals surface area contributed by atoms with E-state index in [0.29, 0.717) is 11.3 Å². The van der Waals surface area contributed by atoms with Crippen LogP contribution in [0.2, 0.25) is 0 Å². The molecule has 0 saturated carbocycles. The highest BCUT2D eigenvalue weighted by Gasteiger charge is 2.49. The molecule has 4 heteroatoms. The summed E-state index contributed by atoms with van der Waals surface area (Å²) in [7, 11) is 0. The quantitative estimate of drug-likeness (QED) is 0.596. The minimum atomic E-state index is -1.33. The van der Waals surface area contributed by atoms with Gasteiger partial charge in [-0.3, -0.25) is 4.79 Å². The van der Waals surface area contributed by atoms with E-state index >= 15 is 0 Å². The van der Waals surface area contributed by atoms with Crippen molar-refractivity contribution >= 4 is 11.9 Å². The summed E-state index contributed by atoms with van der Waals surface area (Å²) in [6.45, 7) is 6.88. The first-order valence-corrected chi connectivity index (χ1v) is 5.91. The highest BCUT2D eigenvalue weighted by Crippen LogP contribution is 2.44. The van der Waals surface area contributed by atoms with E-state index in [1.54, 1.807) is 13.0 Å². The van der Waals surface area contributed by atoms with Gasteiger partial charge in [-0.25, -0.2) is 4.79 Å². The summed E-state index contributed by atoms with van der Waals surface area (Å²) < 4.78 is 10.5. The molecule has 0 N–H and O–H groups in total. The lowest BCUT2D eigenvalue weighted by molar-refractivity contribution is -0.170. The molecule has 2 rings (SSSR count). The van der Waals surface area contributed by atoms with Crippen molar-refractivity contribution in [3.63, 3.8) is 0 Å². The van der Waals surface area contributed by atoms with Crippen molar-refractivity contribution in [1.29, 1.82) is 0 Å². The van der Waals surface area contributed by atoms with Crippen LogP contribution in [0.5, 0.6) is 5.75 Å². The molecule has 0 aliphatic carbocycles. The summed E-state index contributed by atoms with van der Waals surface area (Å²) in [5.41, 5.74) is 0.233. The van der Waals surface area contributed by atoms with Crippen molar-refractivity contribution in [2.24, 2.45) is 0 Å². The van der Waals surface area contributed by atoms with E-state index in [4.69, 9.17) is 9.47 Å². The molecule has 0 fully saturated rings. The van der Waals surface area contributed by atoms with Gasteiger partial charge in [0.1, 0.15) is 5.75 Å². The zero-order valence-corrected chi connectivity index (χ0v) is 10.9. The van der Waals surface area contributed by atoms with Crippen LogP contribution in [0, 0.1) is 0 Å². The summed E-state index contributed by atoms with van der Waals surface area (Å²) >= 11 is 0. The number of fused-ring (bicyclic) bond motifs is 1. The smallest absolute Gasteiger partial charge is 0.360 e. The predicted molar refractivity (Wildman–Crippen MR) is 65.3 cm³/mol. The fourth-order valence-corrected chi connectivity index (χ4v) is 2.18. The number of esters is 2. The lowest BCUT2D eigenvalue weighted by atomic mass is 9.92. The third-order valence-corrected chi connectivity index (χ3v) is 3.11. The molecule has 1 atom stereocenters. The Hall–Kier alpha value is -1.84. The zero-order valence-electron chi connectivity index (χ0n) is 10.9. The summed E-state index contributed by atoms with van der Waals surface area (Å²) in [5.74, 6) is -0.285. The van der Waals surface area contributed by atoms with Crippen LogP contribution in [-0.4, -0.2) is 11.9 Å². The molecule has 0 spiro atoms. The van der Waals surface area contributed by atoms with Crippen LogP contribution in [0.3, 0.4) is 0 Å². The Kier molecular flexibility index (Phi) is 2.89. The van der Waals surface area contributed by atoms with Gasteiger partial charge < -0.3 is 9.47 Å². The van der Waals surface area contributed by atoms with Crippen molar-refractivity contribution < 1.29 is 19.1 Å². The Morgan fingerprint density at radius 1 is 1.39 bits per heavy atom. The second-order valence-electron chi connectivity index (χ2n) is 4.90. The van der Waals surface area contributed by atoms with Crippen LogP contribution in [0.25, 0.3) is 0 Å². The topological polar surface area (TPSA) is 52.6 Å². The molecule has 96 valence electrons. The van der Waals surface area contributed by atoms with Gasteiger partial charge in [0.2, 0.25) is 5.60 Å². The van der Waals surface area contributed by atoms with Crippen LogP contribution in [0.1, 0.15) is 44.7 Å². The maximum Gasteiger partial charge on any atom is 0.360 e. The van der Waals surface area contributed by atoms with Gasteiger partial charge >= 0.3 is 11.9 Å². The van der Waals surface area contributed by atoms with Gasteiger partial charge in [0.05, 0.1) is 0 Å². The molecule has 1 unspecified atom stereocenters. The predicted octanol–water partition coefficient (Wildman–Crippen LogP) is 2.51. The van der Waals surface area contributed by atoms with Gasteiger partial charge in [-0.2, -0.15) is 0 Å². The maximum absolute atomic E-state index is 12.0. The standard InChI is InChI=1S/C14H16O4/c1-8(2)10-6-5-7-11-12(10)17-13(16)14(11,4)18-9(3)15/h5-8H,1-4H3. The Bertz CT molecular complexity index is 519. The normalized spacial score (nSPS) is 21.7. The molecular weight excluding hydrogens is 232 g/mol. The number of ether oxygens (including phenoxy) is 2. The number of carbonyl (C=O) groups is 2. The van der Waals surface area contributed by atoms with Crippen LogP contribution >= 0.6 is 0 Å². The average Bonchev–Trinajstić information content (AvgIpc) is 2.50. The lowest BCUT2D eigenvalue weighted by Crippen LogP contribution is -2.34. The molecule has 1 aromatic carbocycles. The first-order chi connectivity index (χ1) is 8.36. The number of rotatable bonds is 2. The molecule has 0 bridgehead atoms. The minimum absolute atomic E-state index is 0.229. The van der Waals surface area contributed by atoms with E-state index in [1.165, 1.54) is 6.92 Å². The Labute approximate surface area is 106 Å². The van der Waals surface area contributed by atoms with Gasteiger partial charge in [0.15, 0.2) is 0 Å². The van der Waals surface area contributed by atoms with Crippen molar-refractivity contribution in [1.82, 2.24) is 0 Å². The van der Waals surface area contributed by atoms with E-state index in [1.807, 2.05) is 26.0 Å². The Balaban J connectivity index is 2.56. The lowest BCUT2D eigenvalue weighted by Gasteiger charge is -2.20. The van der Waals surface area contributed by atoms with E-state index in [9.17, 15) is 9.59 Å². The third kappa shape index (κ3) is 1.78. The Morgan fingerprint density at radius 3 is 2.61 bits per heavy atom. The van der Waals surface area contributed by atoms with E-state index in [-0.39, 0.29) is 5.92 Å². The van der Waals surface area contributed by atoms with Crippen molar-refractivity contribution in [2.45, 2.75) is 39.2 Å². The molecule has 4 nitrogen and oxygen atoms in total. The average molecular weight is 248 g/mol. The largest absolute Gasteiger partial charge is 0.442 e. The molecule has 1 aliphatic heterocycles. The second-order valence-corrected chi connectivity index (χ2v) is 4.90. The number of carbonyl (C=O) groups excluding carboxylic acids is 2. The molecule has 18 heavy (non-hydrogen) atoms. The molecule has 1 aliphatic rings. The van der Waals surface area contributed by atoms with Crippen molar-refractivity contribution in [3.05, 3.63) is 29.3 Å². The van der Waals surface area contributed by atoms with Gasteiger partial charge in [-0.1, -0.05) is 32.0 Å². The van der Waals surface area contributed by atoms with Crippen molar-refractivity contribution in [3.8, 4) is 5.75 Å². The minimum Gasteiger partial charge on any atom is -0.442 e. The monoisotopic (exact) mass is 248 g/mol. The molecule has 0 aromatic heterocycles. The number of hydrogen-bond acceptors (Lipinski definition) is 4. The fourth-order valence-electron chi connectivity index (χ4n) is 2.18. The van der Waals surface area contributed by atoms with E-state index < -0.39 is 17.5 Å². The third-order valence-electron chi connectivity index (χ3n) is 3.11. The van der Waals surface area contributed by atoms with E-state index in [0.717, 1.165) is 5.56 Å². The maximum atomic E-state index is 12.0. The summed E-state index contributed by atoms with van der Waals surface area (Å²) in [6, 6.07) is 5.52. The molecule has 0 radical (unpaired) electrons. The zero-order chi connectivity index (χ0) is 13.5. The number of para-hydroxylation sites is 1. The summed E-state index contributed by atoms with van der Waals surface area (Å²) in [5, 5.41) is 0. The number of benzene rings is 1. The van der Waals surface area contributed by atoms with Crippen LogP contribution in [0.4, 0.5) is 0 Å². The Morgan fingerprint density at radius 2 is 2.06 bits per heavy atom. The van der Waals surface area contributed by atoms with Gasteiger partial charge in [-0.15, -0.1) is 0 Å². The van der Waals surface area contributed by atoms with E-state index in [2.05, 4.69) is 0 Å². The fraction of sp³-hybridized carbons (Fsp3) is 0.429. The van der Waals surface area contributed by atoms with Crippen LogP contribution < -0.4 is 4.74 Å². The molecule has 1 aromatic rings.